The van der Waals surface area contributed by atoms with Crippen molar-refractivity contribution in [3.05, 3.63) is 32.5 Å². The zero-order valence-electron chi connectivity index (χ0n) is 12.0. The largest absolute Gasteiger partial charge is 0.271 e. The van der Waals surface area contributed by atoms with E-state index in [1.165, 1.54) is 0 Å². The first-order valence-electron chi connectivity index (χ1n) is 6.72. The Balaban J connectivity index is 2.32. The van der Waals surface area contributed by atoms with Crippen LogP contribution in [0.3, 0.4) is 0 Å². The van der Waals surface area contributed by atoms with Crippen LogP contribution in [0.2, 0.25) is 5.02 Å². The van der Waals surface area contributed by atoms with Crippen LogP contribution in [0.4, 0.5) is 0 Å². The first-order chi connectivity index (χ1) is 9.62. The third kappa shape index (κ3) is 2.88. The molecular formula is C13H20ClN5S. The SMILES string of the molecule is CCc1nn(CC)c(CC(NN)c2scnc2C)c1Cl. The van der Waals surface area contributed by atoms with Crippen LogP contribution in [-0.2, 0) is 19.4 Å². The Hall–Kier alpha value is -0.950. The second-order valence-corrected chi connectivity index (χ2v) is 5.87. The van der Waals surface area contributed by atoms with Gasteiger partial charge in [-0.05, 0) is 20.3 Å². The van der Waals surface area contributed by atoms with Gasteiger partial charge in [0.15, 0.2) is 0 Å². The van der Waals surface area contributed by atoms with Gasteiger partial charge in [-0.3, -0.25) is 16.0 Å². The Morgan fingerprint density at radius 3 is 2.75 bits per heavy atom. The number of nitrogens with two attached hydrogens (primary N) is 1. The molecule has 0 aliphatic carbocycles. The molecule has 20 heavy (non-hydrogen) atoms. The molecule has 1 unspecified atom stereocenters. The van der Waals surface area contributed by atoms with Crippen LogP contribution < -0.4 is 11.3 Å². The predicted molar refractivity (Wildman–Crippen MR) is 82.9 cm³/mol. The number of rotatable bonds is 6. The van der Waals surface area contributed by atoms with Gasteiger partial charge in [0.1, 0.15) is 0 Å². The fourth-order valence-electron chi connectivity index (χ4n) is 2.28. The Morgan fingerprint density at radius 2 is 2.25 bits per heavy atom. The lowest BCUT2D eigenvalue weighted by atomic mass is 10.1. The minimum Gasteiger partial charge on any atom is -0.271 e. The van der Waals surface area contributed by atoms with E-state index in [-0.39, 0.29) is 6.04 Å². The third-order valence-electron chi connectivity index (χ3n) is 3.39. The molecule has 5 nitrogen and oxygen atoms in total. The van der Waals surface area contributed by atoms with Crippen LogP contribution in [0.25, 0.3) is 0 Å². The van der Waals surface area contributed by atoms with E-state index in [0.717, 1.165) is 39.9 Å². The highest BCUT2D eigenvalue weighted by Gasteiger charge is 2.21. The highest BCUT2D eigenvalue weighted by Crippen LogP contribution is 2.29. The molecule has 0 aliphatic heterocycles. The maximum atomic E-state index is 6.45. The summed E-state index contributed by atoms with van der Waals surface area (Å²) >= 11 is 8.05. The summed E-state index contributed by atoms with van der Waals surface area (Å²) in [6, 6.07) is 0.00621. The van der Waals surface area contributed by atoms with E-state index >= 15 is 0 Å². The molecule has 0 amide bonds. The zero-order valence-corrected chi connectivity index (χ0v) is 13.6. The van der Waals surface area contributed by atoms with Gasteiger partial charge in [-0.15, -0.1) is 11.3 Å². The molecule has 110 valence electrons. The van der Waals surface area contributed by atoms with Crippen molar-refractivity contribution >= 4 is 22.9 Å². The summed E-state index contributed by atoms with van der Waals surface area (Å²) in [5, 5.41) is 5.30. The molecule has 2 rings (SSSR count). The molecule has 0 spiro atoms. The van der Waals surface area contributed by atoms with Gasteiger partial charge in [0.25, 0.3) is 0 Å². The highest BCUT2D eigenvalue weighted by atomic mass is 35.5. The Bertz CT molecular complexity index is 577. The number of hydrogen-bond donors (Lipinski definition) is 2. The van der Waals surface area contributed by atoms with Gasteiger partial charge >= 0.3 is 0 Å². The summed E-state index contributed by atoms with van der Waals surface area (Å²) in [6.45, 7) is 6.92. The lowest BCUT2D eigenvalue weighted by Crippen LogP contribution is -2.30. The number of nitrogens with one attached hydrogen (secondary N) is 1. The van der Waals surface area contributed by atoms with Crippen molar-refractivity contribution < 1.29 is 0 Å². The van der Waals surface area contributed by atoms with Crippen LogP contribution in [0, 0.1) is 6.92 Å². The first-order valence-corrected chi connectivity index (χ1v) is 7.98. The van der Waals surface area contributed by atoms with Gasteiger partial charge in [0.05, 0.1) is 33.7 Å². The van der Waals surface area contributed by atoms with Gasteiger partial charge in [-0.2, -0.15) is 5.10 Å². The van der Waals surface area contributed by atoms with Crippen molar-refractivity contribution in [2.75, 3.05) is 0 Å². The van der Waals surface area contributed by atoms with Gasteiger partial charge < -0.3 is 0 Å². The average Bonchev–Trinajstić information content (AvgIpc) is 3.00. The lowest BCUT2D eigenvalue weighted by molar-refractivity contribution is 0.520. The number of nitrogens with zero attached hydrogens (tertiary/aromatic N) is 3. The topological polar surface area (TPSA) is 68.8 Å². The molecule has 0 aliphatic rings. The summed E-state index contributed by atoms with van der Waals surface area (Å²) in [4.78, 5) is 5.42. The molecule has 0 radical (unpaired) electrons. The van der Waals surface area contributed by atoms with Gasteiger partial charge in [0.2, 0.25) is 0 Å². The Kier molecular flexibility index (Phi) is 5.15. The van der Waals surface area contributed by atoms with Crippen molar-refractivity contribution in [1.82, 2.24) is 20.2 Å². The van der Waals surface area contributed by atoms with Crippen LogP contribution in [0.5, 0.6) is 0 Å². The van der Waals surface area contributed by atoms with Crippen molar-refractivity contribution in [1.29, 1.82) is 0 Å². The van der Waals surface area contributed by atoms with Crippen LogP contribution in [0.15, 0.2) is 5.51 Å². The maximum Gasteiger partial charge on any atom is 0.0850 e. The van der Waals surface area contributed by atoms with E-state index in [4.69, 9.17) is 17.4 Å². The number of aryl methyl sites for hydroxylation is 3. The fourth-order valence-corrected chi connectivity index (χ4v) is 3.49. The summed E-state index contributed by atoms with van der Waals surface area (Å²) < 4.78 is 1.96. The minimum atomic E-state index is 0.00621. The molecule has 0 aromatic carbocycles. The second kappa shape index (κ2) is 6.67. The third-order valence-corrected chi connectivity index (χ3v) is 4.87. The van der Waals surface area contributed by atoms with E-state index in [2.05, 4.69) is 29.4 Å². The highest BCUT2D eigenvalue weighted by molar-refractivity contribution is 7.09. The normalized spacial score (nSPS) is 12.8. The molecule has 2 aromatic heterocycles. The van der Waals surface area contributed by atoms with E-state index in [9.17, 15) is 0 Å². The van der Waals surface area contributed by atoms with E-state index in [1.54, 1.807) is 11.3 Å². The van der Waals surface area contributed by atoms with E-state index in [0.29, 0.717) is 6.42 Å². The Morgan fingerprint density at radius 1 is 1.50 bits per heavy atom. The summed E-state index contributed by atoms with van der Waals surface area (Å²) in [6.07, 6.45) is 1.54. The fraction of sp³-hybridized carbons (Fsp3) is 0.538. The van der Waals surface area contributed by atoms with Gasteiger partial charge in [0, 0.05) is 17.8 Å². The number of hydrogen-bond acceptors (Lipinski definition) is 5. The average molecular weight is 314 g/mol. The standard InChI is InChI=1S/C13H20ClN5S/c1-4-9-12(14)11(19(5-2)18-9)6-10(17-15)13-8(3)16-7-20-13/h7,10,17H,4-6,15H2,1-3H3. The number of hydrazine groups is 1. The molecule has 0 saturated heterocycles. The summed E-state index contributed by atoms with van der Waals surface area (Å²) in [7, 11) is 0. The molecule has 1 atom stereocenters. The number of halogens is 1. The van der Waals surface area contributed by atoms with Crippen molar-refractivity contribution in [2.24, 2.45) is 5.84 Å². The molecule has 7 heteroatoms. The quantitative estimate of drug-likeness (QED) is 0.635. The van der Waals surface area contributed by atoms with Crippen LogP contribution in [-0.4, -0.2) is 14.8 Å². The van der Waals surface area contributed by atoms with Crippen molar-refractivity contribution in [3.8, 4) is 0 Å². The second-order valence-electron chi connectivity index (χ2n) is 4.60. The molecule has 0 saturated carbocycles. The predicted octanol–water partition coefficient (Wildman–Crippen LogP) is 2.63. The van der Waals surface area contributed by atoms with Gasteiger partial charge in [-0.25, -0.2) is 4.98 Å². The lowest BCUT2D eigenvalue weighted by Gasteiger charge is -2.16. The van der Waals surface area contributed by atoms with E-state index in [1.807, 2.05) is 17.1 Å². The van der Waals surface area contributed by atoms with Crippen LogP contribution in [0.1, 0.15) is 41.8 Å². The molecular weight excluding hydrogens is 294 g/mol. The van der Waals surface area contributed by atoms with Crippen molar-refractivity contribution in [3.63, 3.8) is 0 Å². The maximum absolute atomic E-state index is 6.45. The van der Waals surface area contributed by atoms with E-state index < -0.39 is 0 Å². The molecule has 3 N–H and O–H groups in total. The molecule has 2 aromatic rings. The molecule has 2 heterocycles. The van der Waals surface area contributed by atoms with Crippen molar-refractivity contribution in [2.45, 2.75) is 46.2 Å². The first kappa shape index (κ1) is 15.4. The minimum absolute atomic E-state index is 0.00621. The zero-order chi connectivity index (χ0) is 14.7. The summed E-state index contributed by atoms with van der Waals surface area (Å²) in [5.41, 5.74) is 7.69. The van der Waals surface area contributed by atoms with Crippen LogP contribution >= 0.6 is 22.9 Å². The smallest absolute Gasteiger partial charge is 0.0850 e. The molecule has 0 bridgehead atoms. The monoisotopic (exact) mass is 313 g/mol. The Labute approximate surface area is 128 Å². The molecule has 0 fully saturated rings. The number of aromatic nitrogens is 3. The summed E-state index contributed by atoms with van der Waals surface area (Å²) in [5.74, 6) is 5.72. The van der Waals surface area contributed by atoms with Gasteiger partial charge in [-0.1, -0.05) is 18.5 Å². The number of thiazole rings is 1.